The minimum absolute atomic E-state index is 0.0178. The number of rotatable bonds is 2. The van der Waals surface area contributed by atoms with E-state index in [4.69, 9.17) is 0 Å². The molecule has 0 radical (unpaired) electrons. The van der Waals surface area contributed by atoms with Crippen molar-refractivity contribution in [1.82, 2.24) is 29.4 Å². The zero-order valence-electron chi connectivity index (χ0n) is 15.3. The maximum atomic E-state index is 13.4. The third-order valence-electron chi connectivity index (χ3n) is 5.81. The lowest BCUT2D eigenvalue weighted by molar-refractivity contribution is -0.138. The average molecular weight is 362 g/mol. The fourth-order valence-electron chi connectivity index (χ4n) is 4.36. The summed E-state index contributed by atoms with van der Waals surface area (Å²) in [6, 6.07) is 10.4. The third-order valence-corrected chi connectivity index (χ3v) is 5.81. The molecule has 4 heterocycles. The maximum absolute atomic E-state index is 13.4. The highest BCUT2D eigenvalue weighted by Gasteiger charge is 2.34. The van der Waals surface area contributed by atoms with Crippen molar-refractivity contribution in [3.05, 3.63) is 65.5 Å². The lowest BCUT2D eigenvalue weighted by atomic mass is 9.92. The first-order valence-corrected chi connectivity index (χ1v) is 9.45. The summed E-state index contributed by atoms with van der Waals surface area (Å²) >= 11 is 0. The SMILES string of the molecule is Cc1nnc2n1C[C@H](C(=O)N1Cc3ccccc3[C@H](n3cccn3)C1)CC2. The first-order chi connectivity index (χ1) is 13.2. The molecule has 0 saturated heterocycles. The van der Waals surface area contributed by atoms with Gasteiger partial charge in [-0.05, 0) is 30.5 Å². The molecule has 0 unspecified atom stereocenters. The molecule has 0 spiro atoms. The molecule has 5 rings (SSSR count). The van der Waals surface area contributed by atoms with Gasteiger partial charge in [0.15, 0.2) is 0 Å². The Hall–Kier alpha value is -2.96. The zero-order valence-corrected chi connectivity index (χ0v) is 15.3. The Morgan fingerprint density at radius 2 is 2.04 bits per heavy atom. The zero-order chi connectivity index (χ0) is 18.4. The standard InChI is InChI=1S/C20H22N6O/c1-14-22-23-19-8-7-16(12-25(14)19)20(27)24-11-15-5-2-3-6-17(15)18(13-24)26-10-4-9-21-26/h2-6,9-10,16,18H,7-8,11-13H2,1H3/t16-,18-/m1/s1. The van der Waals surface area contributed by atoms with Crippen LogP contribution in [-0.2, 0) is 24.3 Å². The van der Waals surface area contributed by atoms with Crippen molar-refractivity contribution in [3.63, 3.8) is 0 Å². The molecule has 2 aromatic heterocycles. The van der Waals surface area contributed by atoms with Gasteiger partial charge in [-0.1, -0.05) is 24.3 Å². The number of nitrogens with zero attached hydrogens (tertiary/aromatic N) is 6. The minimum atomic E-state index is -0.0178. The summed E-state index contributed by atoms with van der Waals surface area (Å²) in [5.41, 5.74) is 2.46. The van der Waals surface area contributed by atoms with E-state index in [1.807, 2.05) is 34.8 Å². The number of hydrogen-bond acceptors (Lipinski definition) is 4. The van der Waals surface area contributed by atoms with Crippen LogP contribution in [-0.4, -0.2) is 41.9 Å². The molecule has 1 aromatic carbocycles. The van der Waals surface area contributed by atoms with Crippen LogP contribution < -0.4 is 0 Å². The van der Waals surface area contributed by atoms with E-state index in [1.54, 1.807) is 6.20 Å². The van der Waals surface area contributed by atoms with Gasteiger partial charge in [0.05, 0.1) is 12.0 Å². The van der Waals surface area contributed by atoms with Crippen molar-refractivity contribution >= 4 is 5.91 Å². The van der Waals surface area contributed by atoms with E-state index >= 15 is 0 Å². The molecule has 0 aliphatic carbocycles. The number of hydrogen-bond donors (Lipinski definition) is 0. The fourth-order valence-corrected chi connectivity index (χ4v) is 4.36. The highest BCUT2D eigenvalue weighted by atomic mass is 16.2. The lowest BCUT2D eigenvalue weighted by Gasteiger charge is -2.37. The van der Waals surface area contributed by atoms with Crippen LogP contribution in [0.1, 0.15) is 35.2 Å². The monoisotopic (exact) mass is 362 g/mol. The van der Waals surface area contributed by atoms with Gasteiger partial charge in [-0.2, -0.15) is 5.10 Å². The molecule has 138 valence electrons. The fraction of sp³-hybridized carbons (Fsp3) is 0.400. The number of aryl methyl sites for hydroxylation is 2. The van der Waals surface area contributed by atoms with Gasteiger partial charge in [0, 0.05) is 38.4 Å². The van der Waals surface area contributed by atoms with Crippen LogP contribution in [0.5, 0.6) is 0 Å². The first-order valence-electron chi connectivity index (χ1n) is 9.45. The third kappa shape index (κ3) is 2.74. The molecule has 0 saturated carbocycles. The first kappa shape index (κ1) is 16.2. The van der Waals surface area contributed by atoms with Crippen molar-refractivity contribution in [2.75, 3.05) is 6.54 Å². The van der Waals surface area contributed by atoms with E-state index < -0.39 is 0 Å². The largest absolute Gasteiger partial charge is 0.336 e. The topological polar surface area (TPSA) is 68.8 Å². The van der Waals surface area contributed by atoms with Gasteiger partial charge >= 0.3 is 0 Å². The maximum Gasteiger partial charge on any atom is 0.227 e. The molecule has 27 heavy (non-hydrogen) atoms. The van der Waals surface area contributed by atoms with Gasteiger partial charge in [-0.3, -0.25) is 9.48 Å². The molecule has 2 atom stereocenters. The Bertz CT molecular complexity index is 976. The molecule has 7 heteroatoms. The number of aromatic nitrogens is 5. The number of carbonyl (C=O) groups is 1. The summed E-state index contributed by atoms with van der Waals surface area (Å²) in [6.45, 7) is 3.95. The normalized spacial score (nSPS) is 21.6. The van der Waals surface area contributed by atoms with E-state index in [0.29, 0.717) is 19.6 Å². The summed E-state index contributed by atoms with van der Waals surface area (Å²) in [4.78, 5) is 15.4. The van der Waals surface area contributed by atoms with Crippen LogP contribution in [0.2, 0.25) is 0 Å². The molecule has 7 nitrogen and oxygen atoms in total. The van der Waals surface area contributed by atoms with Gasteiger partial charge in [-0.25, -0.2) is 0 Å². The Morgan fingerprint density at radius 3 is 2.89 bits per heavy atom. The quantitative estimate of drug-likeness (QED) is 0.699. The average Bonchev–Trinajstić information content (AvgIpc) is 3.37. The Labute approximate surface area is 157 Å². The van der Waals surface area contributed by atoms with Gasteiger partial charge < -0.3 is 9.47 Å². The van der Waals surface area contributed by atoms with Crippen molar-refractivity contribution in [3.8, 4) is 0 Å². The second kappa shape index (κ2) is 6.33. The number of carbonyl (C=O) groups excluding carboxylic acids is 1. The van der Waals surface area contributed by atoms with Gasteiger partial charge in [-0.15, -0.1) is 10.2 Å². The molecule has 0 N–H and O–H groups in total. The van der Waals surface area contributed by atoms with Crippen molar-refractivity contribution in [1.29, 1.82) is 0 Å². The second-order valence-electron chi connectivity index (χ2n) is 7.43. The van der Waals surface area contributed by atoms with Crippen molar-refractivity contribution < 1.29 is 4.79 Å². The van der Waals surface area contributed by atoms with Crippen LogP contribution >= 0.6 is 0 Å². The van der Waals surface area contributed by atoms with E-state index in [9.17, 15) is 4.79 Å². The predicted molar refractivity (Wildman–Crippen MR) is 98.8 cm³/mol. The van der Waals surface area contributed by atoms with Crippen molar-refractivity contribution in [2.24, 2.45) is 5.92 Å². The van der Waals surface area contributed by atoms with Crippen molar-refractivity contribution in [2.45, 2.75) is 38.9 Å². The Balaban J connectivity index is 1.43. The molecule has 3 aromatic rings. The second-order valence-corrected chi connectivity index (χ2v) is 7.43. The molecule has 1 amide bonds. The number of fused-ring (bicyclic) bond motifs is 2. The van der Waals surface area contributed by atoms with E-state index in [2.05, 4.69) is 38.1 Å². The minimum Gasteiger partial charge on any atom is -0.336 e. The molecule has 2 aliphatic rings. The van der Waals surface area contributed by atoms with E-state index in [-0.39, 0.29) is 17.9 Å². The summed E-state index contributed by atoms with van der Waals surface area (Å²) in [6.07, 6.45) is 5.41. The van der Waals surface area contributed by atoms with Crippen LogP contribution in [0.25, 0.3) is 0 Å². The number of benzene rings is 1. The Morgan fingerprint density at radius 1 is 1.15 bits per heavy atom. The van der Waals surface area contributed by atoms with Gasteiger partial charge in [0.1, 0.15) is 11.6 Å². The van der Waals surface area contributed by atoms with Gasteiger partial charge in [0.2, 0.25) is 5.91 Å². The molecular weight excluding hydrogens is 340 g/mol. The highest BCUT2D eigenvalue weighted by molar-refractivity contribution is 5.79. The lowest BCUT2D eigenvalue weighted by Crippen LogP contribution is -2.45. The molecule has 0 fully saturated rings. The predicted octanol–water partition coefficient (Wildman–Crippen LogP) is 1.98. The summed E-state index contributed by atoms with van der Waals surface area (Å²) in [5.74, 6) is 2.09. The number of amides is 1. The van der Waals surface area contributed by atoms with E-state index in [0.717, 1.165) is 24.5 Å². The van der Waals surface area contributed by atoms with Crippen LogP contribution in [0, 0.1) is 12.8 Å². The summed E-state index contributed by atoms with van der Waals surface area (Å²) in [7, 11) is 0. The molecule has 0 bridgehead atoms. The summed E-state index contributed by atoms with van der Waals surface area (Å²) < 4.78 is 4.05. The smallest absolute Gasteiger partial charge is 0.227 e. The van der Waals surface area contributed by atoms with Crippen LogP contribution in [0.15, 0.2) is 42.7 Å². The van der Waals surface area contributed by atoms with Crippen LogP contribution in [0.4, 0.5) is 0 Å². The summed E-state index contributed by atoms with van der Waals surface area (Å²) in [5, 5.41) is 12.8. The molecular formula is C20H22N6O. The highest BCUT2D eigenvalue weighted by Crippen LogP contribution is 2.31. The van der Waals surface area contributed by atoms with Crippen LogP contribution in [0.3, 0.4) is 0 Å². The van der Waals surface area contributed by atoms with E-state index in [1.165, 1.54) is 11.1 Å². The van der Waals surface area contributed by atoms with Gasteiger partial charge in [0.25, 0.3) is 0 Å². The molecule has 2 aliphatic heterocycles. The Kier molecular flexibility index (Phi) is 3.81.